The van der Waals surface area contributed by atoms with E-state index in [-0.39, 0.29) is 11.3 Å². The van der Waals surface area contributed by atoms with Crippen molar-refractivity contribution in [3.63, 3.8) is 0 Å². The molecule has 0 aromatic rings. The Morgan fingerprint density at radius 2 is 2.38 bits per heavy atom. The maximum atomic E-state index is 12.2. The van der Waals surface area contributed by atoms with Gasteiger partial charge < -0.3 is 15.7 Å². The molecule has 1 rings (SSSR count). The number of carbonyl (C=O) groups is 1. The van der Waals surface area contributed by atoms with Gasteiger partial charge in [-0.1, -0.05) is 13.3 Å². The standard InChI is InChI=1S/C12H24N2O2/c1-3-5-12(6-4-7-13-9-12)11(16)14-8-10(2)15/h10,13,15H,3-9H2,1-2H3,(H,14,16)/t10-,12?/m1/s1. The molecule has 1 unspecified atom stereocenters. The van der Waals surface area contributed by atoms with Crippen LogP contribution < -0.4 is 10.6 Å². The van der Waals surface area contributed by atoms with Crippen LogP contribution in [0.25, 0.3) is 0 Å². The van der Waals surface area contributed by atoms with Crippen LogP contribution in [-0.2, 0) is 4.79 Å². The summed E-state index contributed by atoms with van der Waals surface area (Å²) in [5.74, 6) is 0.0995. The molecule has 3 N–H and O–H groups in total. The van der Waals surface area contributed by atoms with Crippen LogP contribution >= 0.6 is 0 Å². The minimum atomic E-state index is -0.473. The molecule has 1 saturated heterocycles. The summed E-state index contributed by atoms with van der Waals surface area (Å²) in [6, 6.07) is 0. The number of amides is 1. The smallest absolute Gasteiger partial charge is 0.227 e. The molecule has 16 heavy (non-hydrogen) atoms. The summed E-state index contributed by atoms with van der Waals surface area (Å²) in [4.78, 5) is 12.2. The summed E-state index contributed by atoms with van der Waals surface area (Å²) < 4.78 is 0. The van der Waals surface area contributed by atoms with Gasteiger partial charge in [0.2, 0.25) is 5.91 Å². The molecule has 0 aromatic carbocycles. The van der Waals surface area contributed by atoms with Crippen molar-refractivity contribution < 1.29 is 9.90 Å². The van der Waals surface area contributed by atoms with Crippen LogP contribution in [-0.4, -0.2) is 36.8 Å². The predicted octanol–water partition coefficient (Wildman–Crippen LogP) is 0.653. The lowest BCUT2D eigenvalue weighted by molar-refractivity contribution is -0.133. The minimum Gasteiger partial charge on any atom is -0.392 e. The molecule has 1 aliphatic rings. The van der Waals surface area contributed by atoms with E-state index < -0.39 is 6.10 Å². The zero-order valence-corrected chi connectivity index (χ0v) is 10.4. The molecule has 1 aliphatic heterocycles. The van der Waals surface area contributed by atoms with Crippen LogP contribution in [0.5, 0.6) is 0 Å². The van der Waals surface area contributed by atoms with Crippen molar-refractivity contribution in [2.45, 2.75) is 45.6 Å². The number of carbonyl (C=O) groups excluding carboxylic acids is 1. The Balaban J connectivity index is 2.57. The number of hydrogen-bond acceptors (Lipinski definition) is 3. The Morgan fingerprint density at radius 1 is 1.62 bits per heavy atom. The van der Waals surface area contributed by atoms with E-state index in [9.17, 15) is 9.90 Å². The van der Waals surface area contributed by atoms with Crippen molar-refractivity contribution in [3.05, 3.63) is 0 Å². The Bertz CT molecular complexity index is 218. The highest BCUT2D eigenvalue weighted by Crippen LogP contribution is 2.31. The molecule has 0 saturated carbocycles. The van der Waals surface area contributed by atoms with E-state index in [1.165, 1.54) is 0 Å². The number of nitrogens with one attached hydrogen (secondary N) is 2. The van der Waals surface area contributed by atoms with E-state index in [0.29, 0.717) is 6.54 Å². The van der Waals surface area contributed by atoms with Gasteiger partial charge in [0.15, 0.2) is 0 Å². The van der Waals surface area contributed by atoms with Crippen LogP contribution in [0, 0.1) is 5.41 Å². The second-order valence-electron chi connectivity index (χ2n) is 4.87. The first-order valence-corrected chi connectivity index (χ1v) is 6.28. The highest BCUT2D eigenvalue weighted by atomic mass is 16.3. The third-order valence-electron chi connectivity index (χ3n) is 3.24. The second kappa shape index (κ2) is 6.21. The van der Waals surface area contributed by atoms with E-state index in [1.807, 2.05) is 0 Å². The first-order valence-electron chi connectivity index (χ1n) is 6.28. The molecule has 2 atom stereocenters. The number of aliphatic hydroxyl groups excluding tert-OH is 1. The molecule has 1 heterocycles. The molecule has 4 heteroatoms. The highest BCUT2D eigenvalue weighted by Gasteiger charge is 2.38. The van der Waals surface area contributed by atoms with Gasteiger partial charge in [0, 0.05) is 13.1 Å². The van der Waals surface area contributed by atoms with E-state index >= 15 is 0 Å². The summed E-state index contributed by atoms with van der Waals surface area (Å²) in [6.07, 6.45) is 3.48. The van der Waals surface area contributed by atoms with Crippen molar-refractivity contribution in [3.8, 4) is 0 Å². The largest absolute Gasteiger partial charge is 0.392 e. The maximum Gasteiger partial charge on any atom is 0.227 e. The van der Waals surface area contributed by atoms with Crippen LogP contribution in [0.1, 0.15) is 39.5 Å². The molecule has 0 aromatic heterocycles. The van der Waals surface area contributed by atoms with Crippen molar-refractivity contribution in [1.29, 1.82) is 0 Å². The minimum absolute atomic E-state index is 0.0995. The average Bonchev–Trinajstić information content (AvgIpc) is 2.27. The Morgan fingerprint density at radius 3 is 2.88 bits per heavy atom. The van der Waals surface area contributed by atoms with Crippen LogP contribution in [0.3, 0.4) is 0 Å². The van der Waals surface area contributed by atoms with Gasteiger partial charge in [-0.25, -0.2) is 0 Å². The van der Waals surface area contributed by atoms with E-state index in [1.54, 1.807) is 6.92 Å². The molecule has 0 bridgehead atoms. The fourth-order valence-electron chi connectivity index (χ4n) is 2.40. The van der Waals surface area contributed by atoms with Gasteiger partial charge in [-0.2, -0.15) is 0 Å². The summed E-state index contributed by atoms with van der Waals surface area (Å²) >= 11 is 0. The zero-order chi connectivity index (χ0) is 12.0. The van der Waals surface area contributed by atoms with Gasteiger partial charge in [0.1, 0.15) is 0 Å². The zero-order valence-electron chi connectivity index (χ0n) is 10.4. The van der Waals surface area contributed by atoms with Gasteiger partial charge in [-0.15, -0.1) is 0 Å². The van der Waals surface area contributed by atoms with E-state index in [0.717, 1.165) is 38.8 Å². The number of hydrogen-bond donors (Lipinski definition) is 3. The van der Waals surface area contributed by atoms with Crippen molar-refractivity contribution >= 4 is 5.91 Å². The molecule has 0 aliphatic carbocycles. The van der Waals surface area contributed by atoms with Crippen molar-refractivity contribution in [2.24, 2.45) is 5.41 Å². The lowest BCUT2D eigenvalue weighted by Gasteiger charge is -2.36. The van der Waals surface area contributed by atoms with Gasteiger partial charge in [0.05, 0.1) is 11.5 Å². The molecule has 1 fully saturated rings. The third kappa shape index (κ3) is 3.46. The maximum absolute atomic E-state index is 12.2. The molecule has 0 spiro atoms. The summed E-state index contributed by atoms with van der Waals surface area (Å²) in [6.45, 7) is 5.93. The van der Waals surface area contributed by atoms with Crippen molar-refractivity contribution in [2.75, 3.05) is 19.6 Å². The Labute approximate surface area is 97.8 Å². The van der Waals surface area contributed by atoms with Gasteiger partial charge >= 0.3 is 0 Å². The molecule has 94 valence electrons. The van der Waals surface area contributed by atoms with Crippen LogP contribution in [0.4, 0.5) is 0 Å². The monoisotopic (exact) mass is 228 g/mol. The Hall–Kier alpha value is -0.610. The first-order chi connectivity index (χ1) is 7.60. The lowest BCUT2D eigenvalue weighted by Crippen LogP contribution is -2.51. The predicted molar refractivity (Wildman–Crippen MR) is 64.1 cm³/mol. The topological polar surface area (TPSA) is 61.4 Å². The molecular formula is C12H24N2O2. The van der Waals surface area contributed by atoms with Gasteiger partial charge in [-0.05, 0) is 32.7 Å². The lowest BCUT2D eigenvalue weighted by atomic mass is 9.76. The number of piperidine rings is 1. The highest BCUT2D eigenvalue weighted by molar-refractivity contribution is 5.83. The third-order valence-corrected chi connectivity index (χ3v) is 3.24. The van der Waals surface area contributed by atoms with Gasteiger partial charge in [0.25, 0.3) is 0 Å². The summed E-state index contributed by atoms with van der Waals surface area (Å²) in [5.41, 5.74) is -0.248. The molecule has 4 nitrogen and oxygen atoms in total. The second-order valence-corrected chi connectivity index (χ2v) is 4.87. The molecule has 0 radical (unpaired) electrons. The quantitative estimate of drug-likeness (QED) is 0.647. The fraction of sp³-hybridized carbons (Fsp3) is 0.917. The number of aliphatic hydroxyl groups is 1. The summed E-state index contributed by atoms with van der Waals surface area (Å²) in [5, 5.41) is 15.3. The SMILES string of the molecule is CCCC1(C(=O)NC[C@@H](C)O)CCCNC1. The van der Waals surface area contributed by atoms with Crippen LogP contribution in [0.2, 0.25) is 0 Å². The van der Waals surface area contributed by atoms with E-state index in [4.69, 9.17) is 0 Å². The van der Waals surface area contributed by atoms with Gasteiger partial charge in [-0.3, -0.25) is 4.79 Å². The first kappa shape index (κ1) is 13.5. The normalized spacial score (nSPS) is 27.4. The summed E-state index contributed by atoms with van der Waals surface area (Å²) in [7, 11) is 0. The van der Waals surface area contributed by atoms with E-state index in [2.05, 4.69) is 17.6 Å². The fourth-order valence-corrected chi connectivity index (χ4v) is 2.40. The number of rotatable bonds is 5. The van der Waals surface area contributed by atoms with Crippen molar-refractivity contribution in [1.82, 2.24) is 10.6 Å². The molecular weight excluding hydrogens is 204 g/mol. The van der Waals surface area contributed by atoms with Crippen LogP contribution in [0.15, 0.2) is 0 Å². The Kier molecular flexibility index (Phi) is 5.22. The average molecular weight is 228 g/mol. The molecule has 1 amide bonds.